The molecule has 13 heavy (non-hydrogen) atoms. The van der Waals surface area contributed by atoms with Crippen LogP contribution in [0.3, 0.4) is 0 Å². The first kappa shape index (κ1) is 10.7. The Morgan fingerprint density at radius 3 is 2.77 bits per heavy atom. The van der Waals surface area contributed by atoms with E-state index in [1.807, 2.05) is 0 Å². The van der Waals surface area contributed by atoms with Crippen molar-refractivity contribution in [2.24, 2.45) is 16.3 Å². The van der Waals surface area contributed by atoms with E-state index in [2.05, 4.69) is 25.8 Å². The lowest BCUT2D eigenvalue weighted by atomic mass is 9.72. The van der Waals surface area contributed by atoms with Crippen molar-refractivity contribution in [1.82, 2.24) is 0 Å². The number of rotatable bonds is 2. The quantitative estimate of drug-likeness (QED) is 0.700. The molecule has 0 aromatic heterocycles. The van der Waals surface area contributed by atoms with Crippen molar-refractivity contribution in [3.05, 3.63) is 0 Å². The molecule has 0 aliphatic heterocycles. The summed E-state index contributed by atoms with van der Waals surface area (Å²) in [6.07, 6.45) is 3.53. The minimum Gasteiger partial charge on any atom is -0.394 e. The van der Waals surface area contributed by atoms with Gasteiger partial charge in [0.05, 0.1) is 13.2 Å². The molecule has 76 valence electrons. The number of hydrogen-bond donors (Lipinski definition) is 1. The van der Waals surface area contributed by atoms with Crippen LogP contribution in [-0.4, -0.2) is 24.0 Å². The van der Waals surface area contributed by atoms with Gasteiger partial charge in [0.15, 0.2) is 0 Å². The van der Waals surface area contributed by atoms with Gasteiger partial charge in [-0.15, -0.1) is 0 Å². The molecule has 2 heteroatoms. The summed E-state index contributed by atoms with van der Waals surface area (Å²) >= 11 is 0. The number of aliphatic hydroxyl groups excluding tert-OH is 1. The van der Waals surface area contributed by atoms with E-state index in [-0.39, 0.29) is 6.61 Å². The van der Waals surface area contributed by atoms with Crippen LogP contribution in [0, 0.1) is 11.3 Å². The summed E-state index contributed by atoms with van der Waals surface area (Å²) in [4.78, 5) is 4.41. The lowest BCUT2D eigenvalue weighted by molar-refractivity contribution is 0.264. The molecule has 2 nitrogen and oxygen atoms in total. The molecule has 1 aliphatic rings. The van der Waals surface area contributed by atoms with E-state index in [4.69, 9.17) is 5.11 Å². The molecule has 0 aromatic rings. The molecule has 0 aromatic carbocycles. The van der Waals surface area contributed by atoms with Crippen molar-refractivity contribution < 1.29 is 5.11 Å². The van der Waals surface area contributed by atoms with Crippen LogP contribution in [0.2, 0.25) is 0 Å². The molecule has 0 saturated heterocycles. The topological polar surface area (TPSA) is 32.6 Å². The highest BCUT2D eigenvalue weighted by molar-refractivity contribution is 5.86. The van der Waals surface area contributed by atoms with Gasteiger partial charge in [-0.05, 0) is 30.6 Å². The molecule has 1 saturated carbocycles. The molecule has 1 N–H and O–H groups in total. The van der Waals surface area contributed by atoms with Crippen LogP contribution in [0.15, 0.2) is 4.99 Å². The van der Waals surface area contributed by atoms with Crippen LogP contribution in [0.5, 0.6) is 0 Å². The van der Waals surface area contributed by atoms with Gasteiger partial charge in [-0.25, -0.2) is 0 Å². The highest BCUT2D eigenvalue weighted by Crippen LogP contribution is 2.36. The van der Waals surface area contributed by atoms with E-state index in [9.17, 15) is 0 Å². The second-order valence-electron chi connectivity index (χ2n) is 5.03. The number of nitrogens with zero attached hydrogens (tertiary/aromatic N) is 1. The zero-order chi connectivity index (χ0) is 9.90. The molecule has 0 spiro atoms. The molecule has 0 bridgehead atoms. The van der Waals surface area contributed by atoms with Gasteiger partial charge in [0.1, 0.15) is 0 Å². The van der Waals surface area contributed by atoms with Crippen LogP contribution in [0.1, 0.15) is 40.0 Å². The molecule has 1 fully saturated rings. The van der Waals surface area contributed by atoms with Crippen molar-refractivity contribution in [3.63, 3.8) is 0 Å². The second-order valence-corrected chi connectivity index (χ2v) is 5.03. The molecule has 0 amide bonds. The van der Waals surface area contributed by atoms with Gasteiger partial charge in [-0.2, -0.15) is 0 Å². The van der Waals surface area contributed by atoms with E-state index in [0.717, 1.165) is 18.8 Å². The number of hydrogen-bond acceptors (Lipinski definition) is 2. The normalized spacial score (nSPS) is 30.8. The third-order valence-corrected chi connectivity index (χ3v) is 2.60. The Labute approximate surface area is 81.1 Å². The van der Waals surface area contributed by atoms with Gasteiger partial charge in [0.2, 0.25) is 0 Å². The minimum absolute atomic E-state index is 0.179. The van der Waals surface area contributed by atoms with Gasteiger partial charge in [0.25, 0.3) is 0 Å². The lowest BCUT2D eigenvalue weighted by Gasteiger charge is -2.34. The van der Waals surface area contributed by atoms with E-state index in [0.29, 0.717) is 12.0 Å². The fraction of sp³-hybridized carbons (Fsp3) is 0.909. The molecule has 1 unspecified atom stereocenters. The first-order valence-electron chi connectivity index (χ1n) is 5.16. The lowest BCUT2D eigenvalue weighted by Crippen LogP contribution is -2.28. The summed E-state index contributed by atoms with van der Waals surface area (Å²) in [5.41, 5.74) is 1.71. The van der Waals surface area contributed by atoms with Crippen LogP contribution < -0.4 is 0 Å². The monoisotopic (exact) mass is 183 g/mol. The van der Waals surface area contributed by atoms with Crippen molar-refractivity contribution in [2.75, 3.05) is 13.2 Å². The van der Waals surface area contributed by atoms with Crippen molar-refractivity contribution in [3.8, 4) is 0 Å². The maximum absolute atomic E-state index is 8.69. The fourth-order valence-corrected chi connectivity index (χ4v) is 2.44. The van der Waals surface area contributed by atoms with E-state index in [1.165, 1.54) is 12.1 Å². The standard InChI is InChI=1S/C11H21NO/c1-9-6-10(12-4-5-13)8-11(2,3)7-9/h9,13H,4-8H2,1-3H3. The van der Waals surface area contributed by atoms with Crippen LogP contribution in [0.4, 0.5) is 0 Å². The number of aliphatic hydroxyl groups is 1. The Hall–Kier alpha value is -0.370. The van der Waals surface area contributed by atoms with Crippen LogP contribution in [0.25, 0.3) is 0 Å². The van der Waals surface area contributed by atoms with Crippen molar-refractivity contribution in [2.45, 2.75) is 40.0 Å². The Kier molecular flexibility index (Phi) is 3.48. The summed E-state index contributed by atoms with van der Waals surface area (Å²) in [5.74, 6) is 0.751. The first-order valence-corrected chi connectivity index (χ1v) is 5.16. The average Bonchev–Trinajstić information content (AvgIpc) is 1.97. The average molecular weight is 183 g/mol. The first-order chi connectivity index (χ1) is 6.03. The second kappa shape index (κ2) is 4.23. The zero-order valence-electron chi connectivity index (χ0n) is 9.01. The predicted octanol–water partition coefficient (Wildman–Crippen LogP) is 2.27. The Morgan fingerprint density at radius 2 is 2.23 bits per heavy atom. The van der Waals surface area contributed by atoms with E-state index >= 15 is 0 Å². The van der Waals surface area contributed by atoms with Crippen LogP contribution in [-0.2, 0) is 0 Å². The van der Waals surface area contributed by atoms with Crippen molar-refractivity contribution >= 4 is 5.71 Å². The molecular formula is C11H21NO. The smallest absolute Gasteiger partial charge is 0.0626 e. The van der Waals surface area contributed by atoms with Gasteiger partial charge in [-0.3, -0.25) is 4.99 Å². The Bertz CT molecular complexity index is 196. The predicted molar refractivity (Wildman–Crippen MR) is 56.2 cm³/mol. The summed E-state index contributed by atoms with van der Waals surface area (Å²) in [5, 5.41) is 8.69. The molecule has 1 aliphatic carbocycles. The molecule has 0 radical (unpaired) electrons. The molecular weight excluding hydrogens is 162 g/mol. The van der Waals surface area contributed by atoms with Gasteiger partial charge < -0.3 is 5.11 Å². The van der Waals surface area contributed by atoms with E-state index < -0.39 is 0 Å². The minimum atomic E-state index is 0.179. The van der Waals surface area contributed by atoms with Gasteiger partial charge in [0, 0.05) is 5.71 Å². The highest BCUT2D eigenvalue weighted by Gasteiger charge is 2.28. The van der Waals surface area contributed by atoms with Gasteiger partial charge >= 0.3 is 0 Å². The fourth-order valence-electron chi connectivity index (χ4n) is 2.44. The van der Waals surface area contributed by atoms with Crippen molar-refractivity contribution in [1.29, 1.82) is 0 Å². The summed E-state index contributed by atoms with van der Waals surface area (Å²) < 4.78 is 0. The summed E-state index contributed by atoms with van der Waals surface area (Å²) in [6.45, 7) is 7.65. The molecule has 1 rings (SSSR count). The molecule has 0 heterocycles. The Morgan fingerprint density at radius 1 is 1.54 bits per heavy atom. The maximum Gasteiger partial charge on any atom is 0.0626 e. The number of aliphatic imine (C=N–C) groups is 1. The molecule has 1 atom stereocenters. The van der Waals surface area contributed by atoms with E-state index in [1.54, 1.807) is 0 Å². The SMILES string of the molecule is CC1CC(=NCCO)CC(C)(C)C1. The zero-order valence-corrected chi connectivity index (χ0v) is 9.01. The maximum atomic E-state index is 8.69. The third kappa shape index (κ3) is 3.47. The summed E-state index contributed by atoms with van der Waals surface area (Å²) in [6, 6.07) is 0. The van der Waals surface area contributed by atoms with Gasteiger partial charge in [-0.1, -0.05) is 20.8 Å². The largest absolute Gasteiger partial charge is 0.394 e. The Balaban J connectivity index is 2.57. The third-order valence-electron chi connectivity index (χ3n) is 2.60. The van der Waals surface area contributed by atoms with Crippen LogP contribution >= 0.6 is 0 Å². The highest BCUT2D eigenvalue weighted by atomic mass is 16.3. The summed E-state index contributed by atoms with van der Waals surface area (Å²) in [7, 11) is 0.